The Labute approximate surface area is 137 Å². The molecule has 0 aliphatic heterocycles. The average Bonchev–Trinajstić information content (AvgIpc) is 3.24. The summed E-state index contributed by atoms with van der Waals surface area (Å²) in [5.41, 5.74) is 2.84. The van der Waals surface area contributed by atoms with Gasteiger partial charge in [-0.3, -0.25) is 14.5 Å². The maximum absolute atomic E-state index is 12.5. The molecule has 0 unspecified atom stereocenters. The lowest BCUT2D eigenvalue weighted by atomic mass is 10.1. The first-order valence-corrected chi connectivity index (χ1v) is 8.40. The Balaban J connectivity index is 1.66. The molecule has 23 heavy (non-hydrogen) atoms. The van der Waals surface area contributed by atoms with E-state index in [1.54, 1.807) is 12.4 Å². The summed E-state index contributed by atoms with van der Waals surface area (Å²) < 4.78 is 1.99. The van der Waals surface area contributed by atoms with Gasteiger partial charge >= 0.3 is 0 Å². The number of rotatable bonds is 6. The molecule has 0 bridgehead atoms. The highest BCUT2D eigenvalue weighted by Gasteiger charge is 2.40. The second-order valence-electron chi connectivity index (χ2n) is 6.27. The molecule has 0 aromatic carbocycles. The van der Waals surface area contributed by atoms with Crippen molar-refractivity contribution in [2.45, 2.75) is 58.0 Å². The summed E-state index contributed by atoms with van der Waals surface area (Å²) in [5.74, 6) is 0.373. The minimum Gasteiger partial charge on any atom is -0.349 e. The van der Waals surface area contributed by atoms with E-state index in [1.807, 2.05) is 23.9 Å². The van der Waals surface area contributed by atoms with Gasteiger partial charge in [0, 0.05) is 30.0 Å². The number of carbonyl (C=O) groups is 1. The van der Waals surface area contributed by atoms with Crippen molar-refractivity contribution in [2.24, 2.45) is 0 Å². The number of amides is 1. The zero-order valence-electron chi connectivity index (χ0n) is 14.0. The topological polar surface area (TPSA) is 59.8 Å². The number of hydrogen-bond donors (Lipinski definition) is 1. The lowest BCUT2D eigenvalue weighted by molar-refractivity contribution is 0.0949. The second kappa shape index (κ2) is 6.52. The van der Waals surface area contributed by atoms with Gasteiger partial charge in [-0.15, -0.1) is 0 Å². The Morgan fingerprint density at radius 2 is 2.17 bits per heavy atom. The summed E-state index contributed by atoms with van der Waals surface area (Å²) in [6.45, 7) is 6.28. The average molecular weight is 312 g/mol. The summed E-state index contributed by atoms with van der Waals surface area (Å²) in [5, 5.41) is 7.56. The monoisotopic (exact) mass is 312 g/mol. The minimum absolute atomic E-state index is 0.0175. The highest BCUT2D eigenvalue weighted by atomic mass is 16.1. The number of pyridine rings is 1. The van der Waals surface area contributed by atoms with Gasteiger partial charge in [0.05, 0.1) is 17.8 Å². The molecule has 0 spiro atoms. The van der Waals surface area contributed by atoms with Crippen LogP contribution in [0.2, 0.25) is 0 Å². The Morgan fingerprint density at radius 1 is 1.39 bits per heavy atom. The molecular weight excluding hydrogens is 288 g/mol. The standard InChI is InChI=1S/C18H24N4O/c1-4-14(5-2)22-12(3)16(11-20-22)18(23)21-17-9-15(17)13-7-6-8-19-10-13/h6-8,10-11,14-15,17H,4-5,9H2,1-3H3,(H,21,23)/t15-,17+/m1/s1. The number of nitrogens with zero attached hydrogens (tertiary/aromatic N) is 3. The predicted octanol–water partition coefficient (Wildman–Crippen LogP) is 3.23. The largest absolute Gasteiger partial charge is 0.349 e. The summed E-state index contributed by atoms with van der Waals surface area (Å²) in [7, 11) is 0. The van der Waals surface area contributed by atoms with Gasteiger partial charge in [0.2, 0.25) is 0 Å². The van der Waals surface area contributed by atoms with Crippen molar-refractivity contribution < 1.29 is 4.79 Å². The number of aromatic nitrogens is 3. The molecule has 0 radical (unpaired) electrons. The van der Waals surface area contributed by atoms with Gasteiger partial charge in [-0.25, -0.2) is 0 Å². The van der Waals surface area contributed by atoms with Crippen molar-refractivity contribution in [1.29, 1.82) is 0 Å². The number of nitrogens with one attached hydrogen (secondary N) is 1. The maximum Gasteiger partial charge on any atom is 0.254 e. The lowest BCUT2D eigenvalue weighted by Gasteiger charge is -2.15. The summed E-state index contributed by atoms with van der Waals surface area (Å²) in [4.78, 5) is 16.7. The molecule has 1 amide bonds. The van der Waals surface area contributed by atoms with Crippen LogP contribution in [0.1, 0.15) is 66.7 Å². The third-order valence-electron chi connectivity index (χ3n) is 4.80. The molecule has 2 aromatic heterocycles. The van der Waals surface area contributed by atoms with Crippen LogP contribution in [0, 0.1) is 6.92 Å². The quantitative estimate of drug-likeness (QED) is 0.891. The van der Waals surface area contributed by atoms with E-state index >= 15 is 0 Å². The molecule has 0 saturated heterocycles. The summed E-state index contributed by atoms with van der Waals surface area (Å²) >= 11 is 0. The molecule has 2 aromatic rings. The van der Waals surface area contributed by atoms with E-state index in [4.69, 9.17) is 0 Å². The van der Waals surface area contributed by atoms with Crippen molar-refractivity contribution in [3.63, 3.8) is 0 Å². The fourth-order valence-electron chi connectivity index (χ4n) is 3.21. The van der Waals surface area contributed by atoms with Crippen molar-refractivity contribution >= 4 is 5.91 Å². The van der Waals surface area contributed by atoms with Crippen LogP contribution in [0.5, 0.6) is 0 Å². The molecule has 1 aliphatic carbocycles. The highest BCUT2D eigenvalue weighted by Crippen LogP contribution is 2.40. The van der Waals surface area contributed by atoms with E-state index in [1.165, 1.54) is 5.56 Å². The van der Waals surface area contributed by atoms with E-state index in [0.29, 0.717) is 17.5 Å². The highest BCUT2D eigenvalue weighted by molar-refractivity contribution is 5.95. The lowest BCUT2D eigenvalue weighted by Crippen LogP contribution is -2.27. The van der Waals surface area contributed by atoms with E-state index in [-0.39, 0.29) is 11.9 Å². The van der Waals surface area contributed by atoms with Gasteiger partial charge in [0.1, 0.15) is 0 Å². The molecule has 2 atom stereocenters. The smallest absolute Gasteiger partial charge is 0.254 e. The van der Waals surface area contributed by atoms with Crippen LogP contribution < -0.4 is 5.32 Å². The molecule has 1 N–H and O–H groups in total. The first-order chi connectivity index (χ1) is 11.2. The SMILES string of the molecule is CCC(CC)n1ncc(C(=O)N[C@H]2C[C@@H]2c2cccnc2)c1C. The minimum atomic E-state index is -0.0175. The second-order valence-corrected chi connectivity index (χ2v) is 6.27. The molecule has 2 heterocycles. The van der Waals surface area contributed by atoms with Crippen molar-refractivity contribution in [1.82, 2.24) is 20.1 Å². The normalized spacial score (nSPS) is 19.8. The molecule has 1 fully saturated rings. The van der Waals surface area contributed by atoms with Crippen LogP contribution in [0.25, 0.3) is 0 Å². The third kappa shape index (κ3) is 3.14. The first kappa shape index (κ1) is 15.7. The predicted molar refractivity (Wildman–Crippen MR) is 89.4 cm³/mol. The molecule has 5 heteroatoms. The van der Waals surface area contributed by atoms with Crippen LogP contribution in [0.3, 0.4) is 0 Å². The van der Waals surface area contributed by atoms with E-state index < -0.39 is 0 Å². The van der Waals surface area contributed by atoms with Gasteiger partial charge in [-0.05, 0) is 37.8 Å². The van der Waals surface area contributed by atoms with Crippen LogP contribution >= 0.6 is 0 Å². The van der Waals surface area contributed by atoms with Gasteiger partial charge in [-0.2, -0.15) is 5.10 Å². The Bertz CT molecular complexity index is 676. The fourth-order valence-corrected chi connectivity index (χ4v) is 3.21. The van der Waals surface area contributed by atoms with Gasteiger partial charge in [-0.1, -0.05) is 19.9 Å². The van der Waals surface area contributed by atoms with Crippen molar-refractivity contribution in [2.75, 3.05) is 0 Å². The van der Waals surface area contributed by atoms with Crippen LogP contribution in [0.4, 0.5) is 0 Å². The molecule has 122 valence electrons. The molecule has 1 aliphatic rings. The Kier molecular flexibility index (Phi) is 4.46. The van der Waals surface area contributed by atoms with E-state index in [9.17, 15) is 4.79 Å². The molecule has 1 saturated carbocycles. The maximum atomic E-state index is 12.5. The van der Waals surface area contributed by atoms with Crippen LogP contribution in [-0.2, 0) is 0 Å². The summed E-state index contributed by atoms with van der Waals surface area (Å²) in [6.07, 6.45) is 8.38. The number of hydrogen-bond acceptors (Lipinski definition) is 3. The number of carbonyl (C=O) groups excluding carboxylic acids is 1. The zero-order valence-corrected chi connectivity index (χ0v) is 14.0. The molecule has 3 rings (SSSR count). The third-order valence-corrected chi connectivity index (χ3v) is 4.80. The molecule has 5 nitrogen and oxygen atoms in total. The zero-order chi connectivity index (χ0) is 16.4. The van der Waals surface area contributed by atoms with Gasteiger partial charge in [0.25, 0.3) is 5.91 Å². The van der Waals surface area contributed by atoms with Crippen molar-refractivity contribution in [3.8, 4) is 0 Å². The van der Waals surface area contributed by atoms with Crippen LogP contribution in [0.15, 0.2) is 30.7 Å². The first-order valence-electron chi connectivity index (χ1n) is 8.40. The van der Waals surface area contributed by atoms with Crippen molar-refractivity contribution in [3.05, 3.63) is 47.5 Å². The van der Waals surface area contributed by atoms with E-state index in [0.717, 1.165) is 25.0 Å². The van der Waals surface area contributed by atoms with E-state index in [2.05, 4.69) is 35.3 Å². The van der Waals surface area contributed by atoms with Gasteiger partial charge in [0.15, 0.2) is 0 Å². The fraction of sp³-hybridized carbons (Fsp3) is 0.500. The molecular formula is C18H24N4O. The Morgan fingerprint density at radius 3 is 2.83 bits per heavy atom. The Hall–Kier alpha value is -2.17. The van der Waals surface area contributed by atoms with Gasteiger partial charge < -0.3 is 5.32 Å². The van der Waals surface area contributed by atoms with Crippen LogP contribution in [-0.4, -0.2) is 26.7 Å². The summed E-state index contributed by atoms with van der Waals surface area (Å²) in [6, 6.07) is 4.58.